The van der Waals surface area contributed by atoms with Crippen molar-refractivity contribution >= 4 is 0 Å². The van der Waals surface area contributed by atoms with E-state index in [1.807, 2.05) is 4.98 Å². The summed E-state index contributed by atoms with van der Waals surface area (Å²) in [6, 6.07) is 0. The third kappa shape index (κ3) is 2.74. The summed E-state index contributed by atoms with van der Waals surface area (Å²) in [5.41, 5.74) is -1.80. The van der Waals surface area contributed by atoms with E-state index in [0.717, 1.165) is 6.20 Å². The highest BCUT2D eigenvalue weighted by Crippen LogP contribution is 2.44. The summed E-state index contributed by atoms with van der Waals surface area (Å²) in [5.74, 6) is -2.39. The number of alkyl halides is 3. The van der Waals surface area contributed by atoms with Crippen LogP contribution in [-0.2, 0) is 4.74 Å². The lowest BCUT2D eigenvalue weighted by Crippen LogP contribution is -2.42. The topological polar surface area (TPSA) is 105 Å². The molecule has 4 atom stereocenters. The van der Waals surface area contributed by atoms with Gasteiger partial charge in [-0.3, -0.25) is 14.3 Å². The third-order valence-corrected chi connectivity index (χ3v) is 3.35. The number of nitrogens with one attached hydrogen (secondary N) is 1. The van der Waals surface area contributed by atoms with Gasteiger partial charge in [0.05, 0.1) is 12.7 Å². The fourth-order valence-electron chi connectivity index (χ4n) is 2.26. The van der Waals surface area contributed by atoms with Crippen LogP contribution in [0.15, 0.2) is 15.8 Å². The van der Waals surface area contributed by atoms with Crippen LogP contribution in [0.1, 0.15) is 11.8 Å². The van der Waals surface area contributed by atoms with Gasteiger partial charge in [-0.15, -0.1) is 0 Å². The summed E-state index contributed by atoms with van der Waals surface area (Å²) >= 11 is 0. The number of aliphatic hydroxyl groups is 2. The molecule has 0 saturated carbocycles. The molecule has 0 radical (unpaired) electrons. The Balaban J connectivity index is 2.53. The van der Waals surface area contributed by atoms with Crippen molar-refractivity contribution in [3.63, 3.8) is 0 Å². The van der Waals surface area contributed by atoms with Crippen LogP contribution in [0.25, 0.3) is 0 Å². The van der Waals surface area contributed by atoms with Crippen LogP contribution in [0, 0.1) is 12.8 Å². The zero-order valence-corrected chi connectivity index (χ0v) is 10.8. The Labute approximate surface area is 115 Å². The summed E-state index contributed by atoms with van der Waals surface area (Å²) in [6.45, 7) is 0.480. The highest BCUT2D eigenvalue weighted by Gasteiger charge is 2.58. The Morgan fingerprint density at radius 3 is 2.57 bits per heavy atom. The molecule has 1 aliphatic heterocycles. The van der Waals surface area contributed by atoms with E-state index in [4.69, 9.17) is 9.84 Å². The van der Waals surface area contributed by atoms with Gasteiger partial charge in [0.1, 0.15) is 12.0 Å². The van der Waals surface area contributed by atoms with Gasteiger partial charge in [0.25, 0.3) is 5.56 Å². The van der Waals surface area contributed by atoms with Crippen molar-refractivity contribution in [1.82, 2.24) is 9.55 Å². The van der Waals surface area contributed by atoms with E-state index in [1.165, 1.54) is 6.92 Å². The number of H-pyrrole nitrogens is 1. The Morgan fingerprint density at radius 1 is 1.43 bits per heavy atom. The molecule has 1 aromatic heterocycles. The smallest absolute Gasteiger partial charge is 0.394 e. The number of hydrogen-bond donors (Lipinski definition) is 3. The predicted octanol–water partition coefficient (Wildman–Crippen LogP) is -0.726. The van der Waals surface area contributed by atoms with Crippen molar-refractivity contribution in [3.05, 3.63) is 32.6 Å². The zero-order chi connectivity index (χ0) is 15.9. The van der Waals surface area contributed by atoms with Crippen molar-refractivity contribution in [2.45, 2.75) is 31.5 Å². The lowest BCUT2D eigenvalue weighted by molar-refractivity contribution is -0.211. The maximum Gasteiger partial charge on any atom is 0.398 e. The van der Waals surface area contributed by atoms with Gasteiger partial charge in [0.2, 0.25) is 0 Å². The molecule has 0 aromatic carbocycles. The Hall–Kier alpha value is -1.65. The van der Waals surface area contributed by atoms with E-state index in [1.54, 1.807) is 0 Å². The molecule has 0 amide bonds. The van der Waals surface area contributed by atoms with Gasteiger partial charge in [-0.2, -0.15) is 13.2 Å². The molecule has 2 heterocycles. The fraction of sp³-hybridized carbons (Fsp3) is 0.636. The molecular weight excluding hydrogens is 297 g/mol. The Bertz CT molecular complexity index is 638. The van der Waals surface area contributed by atoms with Crippen molar-refractivity contribution in [2.24, 2.45) is 5.92 Å². The highest BCUT2D eigenvalue weighted by atomic mass is 19.4. The molecule has 3 N–H and O–H groups in total. The molecule has 0 bridgehead atoms. The molecule has 0 unspecified atom stereocenters. The maximum atomic E-state index is 13.1. The molecule has 10 heteroatoms. The van der Waals surface area contributed by atoms with E-state index in [0.29, 0.717) is 4.57 Å². The van der Waals surface area contributed by atoms with Crippen LogP contribution in [-0.4, -0.2) is 44.8 Å². The Morgan fingerprint density at radius 2 is 2.05 bits per heavy atom. The van der Waals surface area contributed by atoms with Crippen LogP contribution < -0.4 is 11.2 Å². The molecule has 1 aromatic rings. The average Bonchev–Trinajstić information content (AvgIpc) is 2.70. The molecule has 2 rings (SSSR count). The number of hydrogen-bond acceptors (Lipinski definition) is 5. The van der Waals surface area contributed by atoms with Crippen LogP contribution in [0.3, 0.4) is 0 Å². The number of aliphatic hydroxyl groups excluding tert-OH is 2. The molecule has 7 nitrogen and oxygen atoms in total. The molecule has 118 valence electrons. The van der Waals surface area contributed by atoms with Gasteiger partial charge in [-0.1, -0.05) is 0 Å². The first-order valence-corrected chi connectivity index (χ1v) is 6.00. The normalized spacial score (nSPS) is 29.8. The lowest BCUT2D eigenvalue weighted by atomic mass is 9.99. The van der Waals surface area contributed by atoms with E-state index in [9.17, 15) is 27.9 Å². The molecule has 1 aliphatic rings. The van der Waals surface area contributed by atoms with E-state index in [2.05, 4.69) is 0 Å². The first kappa shape index (κ1) is 15.7. The molecule has 1 saturated heterocycles. The molecule has 1 fully saturated rings. The van der Waals surface area contributed by atoms with Crippen LogP contribution >= 0.6 is 0 Å². The SMILES string of the molecule is Cc1cn([C@@H]2O[C@H](CO)[C@@H](O)[C@H]2C(F)(F)F)c(=O)[nH]c1=O. The monoisotopic (exact) mass is 310 g/mol. The summed E-state index contributed by atoms with van der Waals surface area (Å²) in [6.07, 6.45) is -9.27. The van der Waals surface area contributed by atoms with Crippen molar-refractivity contribution < 1.29 is 28.1 Å². The summed E-state index contributed by atoms with van der Waals surface area (Å²) in [7, 11) is 0. The average molecular weight is 310 g/mol. The Kier molecular flexibility index (Phi) is 3.95. The summed E-state index contributed by atoms with van der Waals surface area (Å²) in [5, 5.41) is 18.6. The number of aromatic amines is 1. The number of aryl methyl sites for hydroxylation is 1. The van der Waals surface area contributed by atoms with Crippen molar-refractivity contribution in [3.8, 4) is 0 Å². The van der Waals surface area contributed by atoms with Gasteiger partial charge >= 0.3 is 11.9 Å². The van der Waals surface area contributed by atoms with Gasteiger partial charge in [-0.25, -0.2) is 4.79 Å². The van der Waals surface area contributed by atoms with Crippen molar-refractivity contribution in [2.75, 3.05) is 6.61 Å². The molecule has 21 heavy (non-hydrogen) atoms. The molecular formula is C11H13F3N2O5. The van der Waals surface area contributed by atoms with Gasteiger partial charge < -0.3 is 14.9 Å². The quantitative estimate of drug-likeness (QED) is 0.668. The minimum atomic E-state index is -4.85. The van der Waals surface area contributed by atoms with E-state index >= 15 is 0 Å². The second-order valence-electron chi connectivity index (χ2n) is 4.78. The predicted molar refractivity (Wildman–Crippen MR) is 62.6 cm³/mol. The maximum absolute atomic E-state index is 13.1. The van der Waals surface area contributed by atoms with Crippen LogP contribution in [0.5, 0.6) is 0 Å². The van der Waals surface area contributed by atoms with Gasteiger partial charge in [0, 0.05) is 11.8 Å². The summed E-state index contributed by atoms with van der Waals surface area (Å²) < 4.78 is 44.7. The van der Waals surface area contributed by atoms with Gasteiger partial charge in [0.15, 0.2) is 6.23 Å². The first-order chi connectivity index (χ1) is 9.66. The number of ether oxygens (including phenoxy) is 1. The van der Waals surface area contributed by atoms with Crippen LogP contribution in [0.2, 0.25) is 0 Å². The van der Waals surface area contributed by atoms with Gasteiger partial charge in [-0.05, 0) is 6.92 Å². The number of halogens is 3. The second kappa shape index (κ2) is 5.28. The number of nitrogens with zero attached hydrogens (tertiary/aromatic N) is 1. The first-order valence-electron chi connectivity index (χ1n) is 6.00. The van der Waals surface area contributed by atoms with E-state index in [-0.39, 0.29) is 5.56 Å². The molecule has 0 aliphatic carbocycles. The second-order valence-corrected chi connectivity index (χ2v) is 4.78. The molecule has 0 spiro atoms. The summed E-state index contributed by atoms with van der Waals surface area (Å²) in [4.78, 5) is 24.8. The highest BCUT2D eigenvalue weighted by molar-refractivity contribution is 5.03. The van der Waals surface area contributed by atoms with Crippen molar-refractivity contribution in [1.29, 1.82) is 0 Å². The lowest BCUT2D eigenvalue weighted by Gasteiger charge is -2.24. The standard InChI is InChI=1S/C11H13F3N2O5/c1-4-2-16(10(20)15-8(4)19)9-6(11(12,13)14)7(18)5(3-17)21-9/h2,5-7,9,17-18H,3H2,1H3,(H,15,19,20)/t5-,6-,7-,9-/m1/s1. The largest absolute Gasteiger partial charge is 0.398 e. The fourth-order valence-corrected chi connectivity index (χ4v) is 2.26. The number of rotatable bonds is 2. The van der Waals surface area contributed by atoms with E-state index < -0.39 is 48.4 Å². The number of aromatic nitrogens is 2. The van der Waals surface area contributed by atoms with Crippen LogP contribution in [0.4, 0.5) is 13.2 Å². The minimum Gasteiger partial charge on any atom is -0.394 e. The zero-order valence-electron chi connectivity index (χ0n) is 10.8. The third-order valence-electron chi connectivity index (χ3n) is 3.35. The minimum absolute atomic E-state index is 0.0149.